The second-order valence-corrected chi connectivity index (χ2v) is 5.06. The van der Waals surface area contributed by atoms with Crippen molar-refractivity contribution in [3.8, 4) is 0 Å². The zero-order valence-corrected chi connectivity index (χ0v) is 12.7. The molecule has 4 nitrogen and oxygen atoms in total. The van der Waals surface area contributed by atoms with Crippen LogP contribution in [0.5, 0.6) is 0 Å². The van der Waals surface area contributed by atoms with E-state index in [1.54, 1.807) is 11.0 Å². The van der Waals surface area contributed by atoms with E-state index in [4.69, 9.17) is 5.84 Å². The highest BCUT2D eigenvalue weighted by molar-refractivity contribution is 6.06. The van der Waals surface area contributed by atoms with E-state index in [0.29, 0.717) is 12.1 Å². The van der Waals surface area contributed by atoms with Crippen molar-refractivity contribution in [2.24, 2.45) is 5.84 Å². The van der Waals surface area contributed by atoms with Crippen LogP contribution in [0.15, 0.2) is 42.5 Å². The number of rotatable bonds is 4. The monoisotopic (exact) mass is 283 g/mol. The van der Waals surface area contributed by atoms with E-state index in [0.717, 1.165) is 16.9 Å². The molecule has 0 atom stereocenters. The zero-order chi connectivity index (χ0) is 15.4. The van der Waals surface area contributed by atoms with Crippen LogP contribution >= 0.6 is 0 Å². The molecule has 0 aliphatic heterocycles. The third-order valence-electron chi connectivity index (χ3n) is 3.54. The highest BCUT2D eigenvalue weighted by Crippen LogP contribution is 2.21. The molecule has 2 aromatic carbocycles. The van der Waals surface area contributed by atoms with Gasteiger partial charge in [0.25, 0.3) is 5.91 Å². The van der Waals surface area contributed by atoms with E-state index in [-0.39, 0.29) is 5.91 Å². The molecule has 2 rings (SSSR count). The van der Waals surface area contributed by atoms with Gasteiger partial charge in [0.05, 0.1) is 5.69 Å². The van der Waals surface area contributed by atoms with Crippen molar-refractivity contribution in [2.45, 2.75) is 20.8 Å². The molecule has 0 heterocycles. The van der Waals surface area contributed by atoms with Crippen LogP contribution in [0.25, 0.3) is 0 Å². The van der Waals surface area contributed by atoms with Gasteiger partial charge >= 0.3 is 0 Å². The van der Waals surface area contributed by atoms with Crippen molar-refractivity contribution in [1.82, 2.24) is 0 Å². The Morgan fingerprint density at radius 1 is 1.14 bits per heavy atom. The van der Waals surface area contributed by atoms with E-state index >= 15 is 0 Å². The summed E-state index contributed by atoms with van der Waals surface area (Å²) in [5, 5.41) is 0. The number of hydrogen-bond donors (Lipinski definition) is 2. The summed E-state index contributed by atoms with van der Waals surface area (Å²) in [5.74, 6) is 5.42. The van der Waals surface area contributed by atoms with E-state index < -0.39 is 0 Å². The molecule has 0 radical (unpaired) electrons. The number of nitrogens with one attached hydrogen (secondary N) is 1. The molecule has 3 N–H and O–H groups in total. The molecule has 2 aromatic rings. The fourth-order valence-electron chi connectivity index (χ4n) is 2.28. The lowest BCUT2D eigenvalue weighted by atomic mass is 10.1. The van der Waals surface area contributed by atoms with Crippen molar-refractivity contribution in [3.05, 3.63) is 59.2 Å². The van der Waals surface area contributed by atoms with Gasteiger partial charge in [0.1, 0.15) is 0 Å². The van der Waals surface area contributed by atoms with E-state index in [1.165, 1.54) is 5.56 Å². The zero-order valence-electron chi connectivity index (χ0n) is 12.7. The Morgan fingerprint density at radius 3 is 2.33 bits per heavy atom. The average Bonchev–Trinajstić information content (AvgIpc) is 2.49. The van der Waals surface area contributed by atoms with Crippen LogP contribution in [-0.2, 0) is 0 Å². The molecule has 0 fully saturated rings. The Kier molecular flexibility index (Phi) is 4.60. The minimum Gasteiger partial charge on any atom is -0.324 e. The number of carbonyl (C=O) groups excluding carboxylic acids is 1. The van der Waals surface area contributed by atoms with Crippen molar-refractivity contribution >= 4 is 17.3 Å². The lowest BCUT2D eigenvalue weighted by Gasteiger charge is -2.22. The fourth-order valence-corrected chi connectivity index (χ4v) is 2.28. The normalized spacial score (nSPS) is 10.3. The van der Waals surface area contributed by atoms with Gasteiger partial charge in [-0.2, -0.15) is 0 Å². The van der Waals surface area contributed by atoms with Gasteiger partial charge in [0.15, 0.2) is 0 Å². The number of nitrogens with two attached hydrogens (primary N) is 1. The Morgan fingerprint density at radius 2 is 1.81 bits per heavy atom. The quantitative estimate of drug-likeness (QED) is 0.669. The number of hydrazine groups is 1. The Labute approximate surface area is 125 Å². The summed E-state index contributed by atoms with van der Waals surface area (Å²) in [5.41, 5.74) is 7.14. The van der Waals surface area contributed by atoms with Crippen LogP contribution in [0.2, 0.25) is 0 Å². The van der Waals surface area contributed by atoms with Gasteiger partial charge < -0.3 is 10.3 Å². The topological polar surface area (TPSA) is 58.4 Å². The van der Waals surface area contributed by atoms with Crippen LogP contribution in [-0.4, -0.2) is 12.5 Å². The maximum Gasteiger partial charge on any atom is 0.258 e. The standard InChI is InChI=1S/C17H21N3O/c1-4-20(15-8-5-12(2)6-9-15)17(21)14-7-10-16(19-18)13(3)11-14/h5-11,19H,4,18H2,1-3H3. The molecule has 0 spiro atoms. The first-order valence-electron chi connectivity index (χ1n) is 7.02. The van der Waals surface area contributed by atoms with Gasteiger partial charge in [-0.3, -0.25) is 10.6 Å². The predicted molar refractivity (Wildman–Crippen MR) is 87.5 cm³/mol. The first-order chi connectivity index (χ1) is 10.1. The first-order valence-corrected chi connectivity index (χ1v) is 7.02. The Hall–Kier alpha value is -2.33. The molecule has 110 valence electrons. The summed E-state index contributed by atoms with van der Waals surface area (Å²) >= 11 is 0. The third-order valence-corrected chi connectivity index (χ3v) is 3.54. The highest BCUT2D eigenvalue weighted by Gasteiger charge is 2.16. The largest absolute Gasteiger partial charge is 0.324 e. The smallest absolute Gasteiger partial charge is 0.258 e. The third kappa shape index (κ3) is 3.23. The molecule has 0 aromatic heterocycles. The summed E-state index contributed by atoms with van der Waals surface area (Å²) < 4.78 is 0. The maximum absolute atomic E-state index is 12.7. The second kappa shape index (κ2) is 6.41. The number of aryl methyl sites for hydroxylation is 2. The molecule has 0 aliphatic carbocycles. The van der Waals surface area contributed by atoms with Gasteiger partial charge in [-0.05, 0) is 56.7 Å². The van der Waals surface area contributed by atoms with Crippen LogP contribution < -0.4 is 16.2 Å². The lowest BCUT2D eigenvalue weighted by molar-refractivity contribution is 0.0988. The molecular formula is C17H21N3O. The van der Waals surface area contributed by atoms with Crippen molar-refractivity contribution in [3.63, 3.8) is 0 Å². The number of benzene rings is 2. The minimum atomic E-state index is -0.00646. The summed E-state index contributed by atoms with van der Waals surface area (Å²) in [6, 6.07) is 13.4. The number of nitrogens with zero attached hydrogens (tertiary/aromatic N) is 1. The molecule has 21 heavy (non-hydrogen) atoms. The number of amides is 1. The average molecular weight is 283 g/mol. The highest BCUT2D eigenvalue weighted by atomic mass is 16.2. The summed E-state index contributed by atoms with van der Waals surface area (Å²) in [7, 11) is 0. The van der Waals surface area contributed by atoms with Gasteiger partial charge in [0, 0.05) is 17.8 Å². The molecule has 0 unspecified atom stereocenters. The number of carbonyl (C=O) groups is 1. The van der Waals surface area contributed by atoms with Crippen molar-refractivity contribution < 1.29 is 4.79 Å². The summed E-state index contributed by atoms with van der Waals surface area (Å²) in [6.07, 6.45) is 0. The Bertz CT molecular complexity index is 635. The lowest BCUT2D eigenvalue weighted by Crippen LogP contribution is -2.30. The molecule has 0 saturated carbocycles. The fraction of sp³-hybridized carbons (Fsp3) is 0.235. The molecule has 0 bridgehead atoms. The number of nitrogen functional groups attached to an aromatic ring is 1. The molecule has 0 aliphatic rings. The van der Waals surface area contributed by atoms with Gasteiger partial charge in [-0.1, -0.05) is 17.7 Å². The number of anilines is 2. The van der Waals surface area contributed by atoms with E-state index in [9.17, 15) is 4.79 Å². The van der Waals surface area contributed by atoms with Crippen LogP contribution in [0.4, 0.5) is 11.4 Å². The van der Waals surface area contributed by atoms with Crippen molar-refractivity contribution in [1.29, 1.82) is 0 Å². The minimum absolute atomic E-state index is 0.00646. The molecule has 1 amide bonds. The van der Waals surface area contributed by atoms with E-state index in [2.05, 4.69) is 5.43 Å². The van der Waals surface area contributed by atoms with Gasteiger partial charge in [-0.25, -0.2) is 0 Å². The maximum atomic E-state index is 12.7. The number of hydrogen-bond acceptors (Lipinski definition) is 3. The van der Waals surface area contributed by atoms with Crippen LogP contribution in [0, 0.1) is 13.8 Å². The summed E-state index contributed by atoms with van der Waals surface area (Å²) in [4.78, 5) is 14.5. The Balaban J connectivity index is 2.32. The first kappa shape index (κ1) is 15.1. The molecular weight excluding hydrogens is 262 g/mol. The predicted octanol–water partition coefficient (Wildman–Crippen LogP) is 3.26. The van der Waals surface area contributed by atoms with Crippen LogP contribution in [0.1, 0.15) is 28.4 Å². The molecule has 0 saturated heterocycles. The van der Waals surface area contributed by atoms with Crippen LogP contribution in [0.3, 0.4) is 0 Å². The SMILES string of the molecule is CCN(C(=O)c1ccc(NN)c(C)c1)c1ccc(C)cc1. The molecule has 4 heteroatoms. The summed E-state index contributed by atoms with van der Waals surface area (Å²) in [6.45, 7) is 6.55. The van der Waals surface area contributed by atoms with Gasteiger partial charge in [0.2, 0.25) is 0 Å². The van der Waals surface area contributed by atoms with Crippen molar-refractivity contribution in [2.75, 3.05) is 16.9 Å². The second-order valence-electron chi connectivity index (χ2n) is 5.06. The van der Waals surface area contributed by atoms with E-state index in [1.807, 2.05) is 57.2 Å². The van der Waals surface area contributed by atoms with Gasteiger partial charge in [-0.15, -0.1) is 0 Å².